The molecule has 1 aromatic heterocycles. The Hall–Kier alpha value is -2.89. The SMILES string of the molecule is O=C(O)C1CN(C(=O)c2ccncc2)c2ccccc2O1. The van der Waals surface area contributed by atoms with Crippen molar-refractivity contribution in [2.75, 3.05) is 11.4 Å². The first-order chi connectivity index (χ1) is 10.2. The highest BCUT2D eigenvalue weighted by atomic mass is 16.5. The summed E-state index contributed by atoms with van der Waals surface area (Å²) in [5.74, 6) is -0.991. The zero-order valence-electron chi connectivity index (χ0n) is 11.0. The number of nitrogens with zero attached hydrogens (tertiary/aromatic N) is 2. The summed E-state index contributed by atoms with van der Waals surface area (Å²) in [6.07, 6.45) is 1.97. The average Bonchev–Trinajstić information content (AvgIpc) is 2.54. The monoisotopic (exact) mass is 284 g/mol. The number of aliphatic carboxylic acids is 1. The summed E-state index contributed by atoms with van der Waals surface area (Å²) in [5, 5.41) is 9.16. The molecular weight excluding hydrogens is 272 g/mol. The maximum Gasteiger partial charge on any atom is 0.346 e. The number of carbonyl (C=O) groups is 2. The van der Waals surface area contributed by atoms with E-state index in [1.54, 1.807) is 36.4 Å². The number of carboxylic acid groups (broad SMARTS) is 1. The fourth-order valence-corrected chi connectivity index (χ4v) is 2.21. The number of anilines is 1. The quantitative estimate of drug-likeness (QED) is 0.905. The number of benzene rings is 1. The van der Waals surface area contributed by atoms with Crippen molar-refractivity contribution < 1.29 is 19.4 Å². The Morgan fingerprint density at radius 2 is 1.90 bits per heavy atom. The van der Waals surface area contributed by atoms with Gasteiger partial charge in [-0.3, -0.25) is 9.78 Å². The predicted molar refractivity (Wildman–Crippen MR) is 74.4 cm³/mol. The lowest BCUT2D eigenvalue weighted by atomic mass is 10.1. The van der Waals surface area contributed by atoms with Crippen LogP contribution in [0.25, 0.3) is 0 Å². The molecule has 1 amide bonds. The van der Waals surface area contributed by atoms with Crippen LogP contribution in [0.5, 0.6) is 5.75 Å². The lowest BCUT2D eigenvalue weighted by molar-refractivity contribution is -0.144. The number of rotatable bonds is 2. The summed E-state index contributed by atoms with van der Waals surface area (Å²) in [6.45, 7) is -0.0342. The molecule has 2 aromatic rings. The number of fused-ring (bicyclic) bond motifs is 1. The largest absolute Gasteiger partial charge is 0.478 e. The third-order valence-corrected chi connectivity index (χ3v) is 3.22. The Morgan fingerprint density at radius 3 is 2.62 bits per heavy atom. The number of hydrogen-bond donors (Lipinski definition) is 1. The summed E-state index contributed by atoms with van der Waals surface area (Å²) in [4.78, 5) is 29.1. The second-order valence-corrected chi connectivity index (χ2v) is 4.56. The molecule has 3 rings (SSSR count). The fraction of sp³-hybridized carbons (Fsp3) is 0.133. The van der Waals surface area contributed by atoms with Gasteiger partial charge in [0.25, 0.3) is 5.91 Å². The number of pyridine rings is 1. The molecule has 0 fully saturated rings. The number of carboxylic acids is 1. The van der Waals surface area contributed by atoms with Gasteiger partial charge in [-0.25, -0.2) is 4.79 Å². The molecule has 21 heavy (non-hydrogen) atoms. The van der Waals surface area contributed by atoms with Crippen LogP contribution in [-0.4, -0.2) is 34.6 Å². The van der Waals surface area contributed by atoms with Crippen molar-refractivity contribution in [3.8, 4) is 5.75 Å². The van der Waals surface area contributed by atoms with Crippen molar-refractivity contribution in [2.24, 2.45) is 0 Å². The Balaban J connectivity index is 2.00. The van der Waals surface area contributed by atoms with E-state index in [1.807, 2.05) is 0 Å². The highest BCUT2D eigenvalue weighted by Crippen LogP contribution is 2.34. The second kappa shape index (κ2) is 5.24. The van der Waals surface area contributed by atoms with Gasteiger partial charge in [0, 0.05) is 18.0 Å². The first-order valence-electron chi connectivity index (χ1n) is 6.37. The van der Waals surface area contributed by atoms with Gasteiger partial charge in [-0.15, -0.1) is 0 Å². The van der Waals surface area contributed by atoms with Gasteiger partial charge in [-0.2, -0.15) is 0 Å². The van der Waals surface area contributed by atoms with Crippen LogP contribution in [0.1, 0.15) is 10.4 Å². The molecule has 2 heterocycles. The minimum atomic E-state index is -1.10. The molecule has 1 aliphatic heterocycles. The van der Waals surface area contributed by atoms with Gasteiger partial charge in [0.05, 0.1) is 12.2 Å². The van der Waals surface area contributed by atoms with Crippen LogP contribution < -0.4 is 9.64 Å². The van der Waals surface area contributed by atoms with E-state index in [2.05, 4.69) is 4.98 Å². The number of ether oxygens (including phenoxy) is 1. The first-order valence-corrected chi connectivity index (χ1v) is 6.37. The Morgan fingerprint density at radius 1 is 1.19 bits per heavy atom. The Labute approximate surface area is 120 Å². The fourth-order valence-electron chi connectivity index (χ4n) is 2.21. The number of amides is 1. The zero-order valence-corrected chi connectivity index (χ0v) is 11.0. The molecule has 0 radical (unpaired) electrons. The molecule has 0 saturated carbocycles. The smallest absolute Gasteiger partial charge is 0.346 e. The molecule has 6 nitrogen and oxygen atoms in total. The number of aromatic nitrogens is 1. The van der Waals surface area contributed by atoms with Crippen molar-refractivity contribution in [1.29, 1.82) is 0 Å². The third-order valence-electron chi connectivity index (χ3n) is 3.22. The van der Waals surface area contributed by atoms with E-state index in [0.717, 1.165) is 0 Å². The molecule has 1 atom stereocenters. The van der Waals surface area contributed by atoms with Crippen LogP contribution in [0, 0.1) is 0 Å². The highest BCUT2D eigenvalue weighted by Gasteiger charge is 2.33. The molecule has 1 unspecified atom stereocenters. The molecule has 0 saturated heterocycles. The number of carbonyl (C=O) groups excluding carboxylic acids is 1. The molecule has 1 N–H and O–H groups in total. The number of hydrogen-bond acceptors (Lipinski definition) is 4. The minimum absolute atomic E-state index is 0.0342. The predicted octanol–water partition coefficient (Wildman–Crippen LogP) is 1.57. The van der Waals surface area contributed by atoms with E-state index in [9.17, 15) is 9.59 Å². The van der Waals surface area contributed by atoms with Gasteiger partial charge in [-0.1, -0.05) is 12.1 Å². The van der Waals surface area contributed by atoms with Gasteiger partial charge in [-0.05, 0) is 24.3 Å². The summed E-state index contributed by atoms with van der Waals surface area (Å²) in [7, 11) is 0. The van der Waals surface area contributed by atoms with Crippen molar-refractivity contribution in [1.82, 2.24) is 4.98 Å². The summed E-state index contributed by atoms with van der Waals surface area (Å²) in [6, 6.07) is 10.1. The van der Waals surface area contributed by atoms with Crippen LogP contribution >= 0.6 is 0 Å². The average molecular weight is 284 g/mol. The van der Waals surface area contributed by atoms with Crippen molar-refractivity contribution in [3.63, 3.8) is 0 Å². The summed E-state index contributed by atoms with van der Waals surface area (Å²) in [5.41, 5.74) is 1.02. The lowest BCUT2D eigenvalue weighted by Gasteiger charge is -2.33. The van der Waals surface area contributed by atoms with Gasteiger partial charge < -0.3 is 14.7 Å². The topological polar surface area (TPSA) is 79.7 Å². The minimum Gasteiger partial charge on any atom is -0.478 e. The van der Waals surface area contributed by atoms with Gasteiger partial charge >= 0.3 is 5.97 Å². The summed E-state index contributed by atoms with van der Waals surface area (Å²) < 4.78 is 5.40. The summed E-state index contributed by atoms with van der Waals surface area (Å²) >= 11 is 0. The van der Waals surface area contributed by atoms with Crippen LogP contribution in [-0.2, 0) is 4.79 Å². The molecule has 1 aliphatic rings. The van der Waals surface area contributed by atoms with Crippen molar-refractivity contribution >= 4 is 17.6 Å². The van der Waals surface area contributed by atoms with E-state index in [4.69, 9.17) is 9.84 Å². The molecule has 0 spiro atoms. The van der Waals surface area contributed by atoms with Crippen LogP contribution in [0.2, 0.25) is 0 Å². The Bertz CT molecular complexity index is 687. The zero-order chi connectivity index (χ0) is 14.8. The van der Waals surface area contributed by atoms with E-state index in [1.165, 1.54) is 17.3 Å². The van der Waals surface area contributed by atoms with E-state index < -0.39 is 12.1 Å². The molecule has 0 bridgehead atoms. The van der Waals surface area contributed by atoms with E-state index in [-0.39, 0.29) is 12.5 Å². The first kappa shape index (κ1) is 13.1. The van der Waals surface area contributed by atoms with Gasteiger partial charge in [0.2, 0.25) is 6.10 Å². The molecule has 1 aromatic carbocycles. The maximum absolute atomic E-state index is 12.6. The van der Waals surface area contributed by atoms with E-state index in [0.29, 0.717) is 17.0 Å². The standard InChI is InChI=1S/C15H12N2O4/c18-14(10-5-7-16-8-6-10)17-9-13(15(19)20)21-12-4-2-1-3-11(12)17/h1-8,13H,9H2,(H,19,20). The van der Waals surface area contributed by atoms with Crippen LogP contribution in [0.15, 0.2) is 48.8 Å². The third kappa shape index (κ3) is 2.43. The van der Waals surface area contributed by atoms with Crippen molar-refractivity contribution in [2.45, 2.75) is 6.10 Å². The molecule has 106 valence electrons. The van der Waals surface area contributed by atoms with E-state index >= 15 is 0 Å². The van der Waals surface area contributed by atoms with Crippen LogP contribution in [0.3, 0.4) is 0 Å². The van der Waals surface area contributed by atoms with Gasteiger partial charge in [0.1, 0.15) is 5.75 Å². The maximum atomic E-state index is 12.6. The molecular formula is C15H12N2O4. The van der Waals surface area contributed by atoms with Crippen LogP contribution in [0.4, 0.5) is 5.69 Å². The highest BCUT2D eigenvalue weighted by molar-refractivity contribution is 6.07. The second-order valence-electron chi connectivity index (χ2n) is 4.56. The molecule has 0 aliphatic carbocycles. The number of para-hydroxylation sites is 2. The molecule has 6 heteroatoms. The van der Waals surface area contributed by atoms with Gasteiger partial charge in [0.15, 0.2) is 0 Å². The lowest BCUT2D eigenvalue weighted by Crippen LogP contribution is -2.47. The Kier molecular flexibility index (Phi) is 3.27. The normalized spacial score (nSPS) is 16.8. The van der Waals surface area contributed by atoms with Crippen molar-refractivity contribution in [3.05, 3.63) is 54.4 Å².